The lowest BCUT2D eigenvalue weighted by atomic mass is 10.1. The van der Waals surface area contributed by atoms with Gasteiger partial charge in [0.05, 0.1) is 21.2 Å². The van der Waals surface area contributed by atoms with E-state index in [9.17, 15) is 19.8 Å². The molecule has 32 heavy (non-hydrogen) atoms. The van der Waals surface area contributed by atoms with E-state index < -0.39 is 11.9 Å². The average molecular weight is 469 g/mol. The van der Waals surface area contributed by atoms with Crippen LogP contribution in [0.15, 0.2) is 72.8 Å². The summed E-state index contributed by atoms with van der Waals surface area (Å²) >= 11 is 11.7. The Hall–Kier alpha value is -3.74. The van der Waals surface area contributed by atoms with E-state index in [1.807, 2.05) is 0 Å². The van der Waals surface area contributed by atoms with E-state index in [2.05, 4.69) is 0 Å². The molecule has 0 radical (unpaired) electrons. The molecule has 0 saturated carbocycles. The van der Waals surface area contributed by atoms with Crippen LogP contribution in [0.4, 0.5) is 0 Å². The van der Waals surface area contributed by atoms with Gasteiger partial charge in [-0.05, 0) is 47.9 Å². The van der Waals surface area contributed by atoms with Crippen LogP contribution in [0, 0.1) is 0 Å². The Labute approximate surface area is 192 Å². The van der Waals surface area contributed by atoms with Crippen LogP contribution in [0.1, 0.15) is 20.7 Å². The zero-order chi connectivity index (χ0) is 22.8. The highest BCUT2D eigenvalue weighted by Gasteiger charge is 2.16. The summed E-state index contributed by atoms with van der Waals surface area (Å²) in [5, 5.41) is 20.4. The standard InChI is InChI=1S/C24H14Cl2O6/c25-18-10-14(5-7-20(18)27)23(29)31-16-9-13-3-1-2-4-17(13)22(12-16)32-24(30)15-6-8-21(28)19(26)11-15/h1-12,27-28H. The van der Waals surface area contributed by atoms with Crippen LogP contribution in [-0.4, -0.2) is 22.2 Å². The molecule has 0 amide bonds. The Bertz CT molecular complexity index is 1370. The molecule has 0 spiro atoms. The molecule has 0 aliphatic carbocycles. The third-order valence-corrected chi connectivity index (χ3v) is 5.18. The number of ether oxygens (including phenoxy) is 2. The van der Waals surface area contributed by atoms with Crippen LogP contribution in [0.25, 0.3) is 10.8 Å². The Morgan fingerprint density at radius 2 is 1.25 bits per heavy atom. The maximum Gasteiger partial charge on any atom is 0.343 e. The van der Waals surface area contributed by atoms with Gasteiger partial charge in [-0.1, -0.05) is 47.5 Å². The number of rotatable bonds is 4. The number of hydrogen-bond acceptors (Lipinski definition) is 6. The Morgan fingerprint density at radius 1 is 0.688 bits per heavy atom. The summed E-state index contributed by atoms with van der Waals surface area (Å²) in [7, 11) is 0. The first-order chi connectivity index (χ1) is 15.3. The third kappa shape index (κ3) is 4.46. The number of phenolic OH excluding ortho intramolecular Hbond substituents is 2. The molecule has 0 atom stereocenters. The van der Waals surface area contributed by atoms with Crippen LogP contribution >= 0.6 is 23.2 Å². The maximum atomic E-state index is 12.6. The molecule has 4 rings (SSSR count). The highest BCUT2D eigenvalue weighted by Crippen LogP contribution is 2.33. The number of phenols is 2. The van der Waals surface area contributed by atoms with Crippen molar-refractivity contribution in [2.24, 2.45) is 0 Å². The zero-order valence-corrected chi connectivity index (χ0v) is 17.7. The fraction of sp³-hybridized carbons (Fsp3) is 0. The molecule has 0 fully saturated rings. The molecule has 0 heterocycles. The predicted octanol–water partition coefficient (Wildman–Crippen LogP) is 6.00. The van der Waals surface area contributed by atoms with E-state index in [-0.39, 0.29) is 44.2 Å². The third-order valence-electron chi connectivity index (χ3n) is 4.58. The molecule has 0 bridgehead atoms. The lowest BCUT2D eigenvalue weighted by molar-refractivity contribution is 0.0734. The molecular formula is C24H14Cl2O6. The van der Waals surface area contributed by atoms with Crippen LogP contribution in [0.3, 0.4) is 0 Å². The highest BCUT2D eigenvalue weighted by atomic mass is 35.5. The molecular weight excluding hydrogens is 455 g/mol. The number of fused-ring (bicyclic) bond motifs is 1. The molecule has 0 unspecified atom stereocenters. The van der Waals surface area contributed by atoms with E-state index >= 15 is 0 Å². The van der Waals surface area contributed by atoms with E-state index in [0.29, 0.717) is 10.8 Å². The summed E-state index contributed by atoms with van der Waals surface area (Å²) in [6, 6.07) is 18.1. The summed E-state index contributed by atoms with van der Waals surface area (Å²) < 4.78 is 11.0. The van der Waals surface area contributed by atoms with Gasteiger partial charge < -0.3 is 19.7 Å². The van der Waals surface area contributed by atoms with Gasteiger partial charge in [0.2, 0.25) is 0 Å². The molecule has 4 aromatic carbocycles. The lowest BCUT2D eigenvalue weighted by Crippen LogP contribution is -2.10. The molecule has 0 aliphatic rings. The number of hydrogen-bond donors (Lipinski definition) is 2. The summed E-state index contributed by atoms with van der Waals surface area (Å²) in [5.41, 5.74) is 0.274. The van der Waals surface area contributed by atoms with Crippen molar-refractivity contribution in [1.29, 1.82) is 0 Å². The van der Waals surface area contributed by atoms with Crippen molar-refractivity contribution in [1.82, 2.24) is 0 Å². The van der Waals surface area contributed by atoms with E-state index in [1.165, 1.54) is 42.5 Å². The van der Waals surface area contributed by atoms with Crippen molar-refractivity contribution in [2.75, 3.05) is 0 Å². The van der Waals surface area contributed by atoms with E-state index in [4.69, 9.17) is 32.7 Å². The first-order valence-electron chi connectivity index (χ1n) is 9.26. The van der Waals surface area contributed by atoms with Gasteiger partial charge in [-0.15, -0.1) is 0 Å². The summed E-state index contributed by atoms with van der Waals surface area (Å²) in [6.07, 6.45) is 0. The number of carbonyl (C=O) groups excluding carboxylic acids is 2. The molecule has 4 aromatic rings. The Balaban J connectivity index is 1.66. The van der Waals surface area contributed by atoms with Crippen LogP contribution in [0.2, 0.25) is 10.0 Å². The number of benzene rings is 4. The van der Waals surface area contributed by atoms with Gasteiger partial charge in [0, 0.05) is 11.5 Å². The Morgan fingerprint density at radius 3 is 1.84 bits per heavy atom. The summed E-state index contributed by atoms with van der Waals surface area (Å²) in [5.74, 6) is -1.40. The molecule has 2 N–H and O–H groups in total. The van der Waals surface area contributed by atoms with Crippen LogP contribution in [-0.2, 0) is 0 Å². The number of carbonyl (C=O) groups is 2. The van der Waals surface area contributed by atoms with Crippen LogP contribution in [0.5, 0.6) is 23.0 Å². The van der Waals surface area contributed by atoms with Crippen LogP contribution < -0.4 is 9.47 Å². The van der Waals surface area contributed by atoms with Gasteiger partial charge in [0.15, 0.2) is 0 Å². The lowest BCUT2D eigenvalue weighted by Gasteiger charge is -2.12. The monoisotopic (exact) mass is 468 g/mol. The second-order valence-corrected chi connectivity index (χ2v) is 7.57. The summed E-state index contributed by atoms with van der Waals surface area (Å²) in [6.45, 7) is 0. The summed E-state index contributed by atoms with van der Waals surface area (Å²) in [4.78, 5) is 25.2. The molecule has 0 saturated heterocycles. The van der Waals surface area contributed by atoms with Crippen molar-refractivity contribution in [2.45, 2.75) is 0 Å². The zero-order valence-electron chi connectivity index (χ0n) is 16.2. The molecule has 160 valence electrons. The predicted molar refractivity (Wildman–Crippen MR) is 120 cm³/mol. The van der Waals surface area contributed by atoms with E-state index in [0.717, 1.165) is 0 Å². The van der Waals surface area contributed by atoms with Crippen molar-refractivity contribution in [3.63, 3.8) is 0 Å². The molecule has 0 aliphatic heterocycles. The minimum atomic E-state index is -0.704. The number of halogens is 2. The molecule has 0 aromatic heterocycles. The largest absolute Gasteiger partial charge is 0.506 e. The number of aromatic hydroxyl groups is 2. The van der Waals surface area contributed by atoms with Crippen molar-refractivity contribution in [3.05, 3.63) is 94.0 Å². The number of esters is 2. The fourth-order valence-electron chi connectivity index (χ4n) is 2.99. The van der Waals surface area contributed by atoms with Crippen molar-refractivity contribution >= 4 is 45.9 Å². The average Bonchev–Trinajstić information content (AvgIpc) is 2.77. The first-order valence-corrected chi connectivity index (χ1v) is 10.0. The minimum Gasteiger partial charge on any atom is -0.506 e. The first kappa shape index (κ1) is 21.5. The highest BCUT2D eigenvalue weighted by molar-refractivity contribution is 6.32. The van der Waals surface area contributed by atoms with Gasteiger partial charge in [-0.3, -0.25) is 0 Å². The fourth-order valence-corrected chi connectivity index (χ4v) is 3.35. The maximum absolute atomic E-state index is 12.6. The second-order valence-electron chi connectivity index (χ2n) is 6.75. The Kier molecular flexibility index (Phi) is 5.90. The van der Waals surface area contributed by atoms with Gasteiger partial charge in [-0.2, -0.15) is 0 Å². The quantitative estimate of drug-likeness (QED) is 0.282. The van der Waals surface area contributed by atoms with Crippen molar-refractivity contribution in [3.8, 4) is 23.0 Å². The van der Waals surface area contributed by atoms with E-state index in [1.54, 1.807) is 30.3 Å². The second kappa shape index (κ2) is 8.78. The molecule has 6 nitrogen and oxygen atoms in total. The normalized spacial score (nSPS) is 10.7. The van der Waals surface area contributed by atoms with Gasteiger partial charge in [-0.25, -0.2) is 9.59 Å². The minimum absolute atomic E-state index is 0.0135. The topological polar surface area (TPSA) is 93.1 Å². The van der Waals surface area contributed by atoms with Crippen molar-refractivity contribution < 1.29 is 29.3 Å². The van der Waals surface area contributed by atoms with Gasteiger partial charge in [0.25, 0.3) is 0 Å². The van der Waals surface area contributed by atoms with Gasteiger partial charge >= 0.3 is 11.9 Å². The van der Waals surface area contributed by atoms with Gasteiger partial charge in [0.1, 0.15) is 23.0 Å². The molecule has 8 heteroatoms. The smallest absolute Gasteiger partial charge is 0.343 e. The SMILES string of the molecule is O=C(Oc1cc(OC(=O)c2ccc(O)c(Cl)c2)c2ccccc2c1)c1ccc(O)c(Cl)c1.